The molecule has 4 aromatic rings. The van der Waals surface area contributed by atoms with Crippen LogP contribution in [0.3, 0.4) is 0 Å². The molecule has 17 heteroatoms. The molecule has 13 nitrogen and oxygen atoms in total. The Morgan fingerprint density at radius 1 is 0.968 bits per heavy atom. The van der Waals surface area contributed by atoms with Crippen molar-refractivity contribution < 1.29 is 53.5 Å². The van der Waals surface area contributed by atoms with Crippen LogP contribution >= 0.6 is 0 Å². The van der Waals surface area contributed by atoms with Crippen molar-refractivity contribution in [2.45, 2.75) is 85.8 Å². The fourth-order valence-electron chi connectivity index (χ4n) is 11.6. The summed E-state index contributed by atoms with van der Waals surface area (Å²) in [6, 6.07) is 10.3. The van der Waals surface area contributed by atoms with E-state index < -0.39 is 30.7 Å². The first-order valence-corrected chi connectivity index (χ1v) is 24.8. The van der Waals surface area contributed by atoms with E-state index in [1.165, 1.54) is 17.2 Å². The van der Waals surface area contributed by atoms with Crippen molar-refractivity contribution >= 4 is 40.1 Å². The molecule has 0 bridgehead atoms. The number of ether oxygens (including phenoxy) is 1. The van der Waals surface area contributed by atoms with Crippen LogP contribution < -0.4 is 41.1 Å². The van der Waals surface area contributed by atoms with Gasteiger partial charge in [-0.25, -0.2) is 9.97 Å². The molecule has 2 aromatic carbocycles. The Hall–Kier alpha value is -4.62. The summed E-state index contributed by atoms with van der Waals surface area (Å²) in [7, 11) is 0. The number of aromatic nitrogens is 3. The molecule has 4 saturated heterocycles. The molecule has 1 unspecified atom stereocenters. The Bertz CT molecular complexity index is 2480. The Labute approximate surface area is 374 Å². The fourth-order valence-corrected chi connectivity index (χ4v) is 15.9. The van der Waals surface area contributed by atoms with Crippen LogP contribution in [0.4, 0.5) is 24.7 Å². The third-order valence-corrected chi connectivity index (χ3v) is 19.5. The van der Waals surface area contributed by atoms with Gasteiger partial charge in [-0.1, -0.05) is 0 Å². The Kier molecular flexibility index (Phi) is 10.3. The summed E-state index contributed by atoms with van der Waals surface area (Å²) in [6.45, 7) is 7.48. The molecule has 7 aliphatic rings. The first-order chi connectivity index (χ1) is 30.4. The van der Waals surface area contributed by atoms with Crippen LogP contribution in [0.15, 0.2) is 55.1 Å². The molecule has 9 heterocycles. The number of piperidine rings is 2. The van der Waals surface area contributed by atoms with Crippen LogP contribution in [-0.4, -0.2) is 132 Å². The van der Waals surface area contributed by atoms with Crippen molar-refractivity contribution in [1.29, 1.82) is 0 Å². The minimum atomic E-state index is -4.34. The quantitative estimate of drug-likeness (QED) is 0.173. The van der Waals surface area contributed by atoms with Gasteiger partial charge in [-0.3, -0.25) is 19.7 Å². The molecule has 0 aliphatic carbocycles. The van der Waals surface area contributed by atoms with Gasteiger partial charge >= 0.3 is 284 Å². The first-order valence-electron chi connectivity index (χ1n) is 22.2. The van der Waals surface area contributed by atoms with Gasteiger partial charge in [-0.05, 0) is 6.42 Å². The molecular weight excluding hydrogens is 926 g/mol. The van der Waals surface area contributed by atoms with E-state index in [0.717, 1.165) is 103 Å². The SMILES string of the molecule is C[C@@H]1Cc2c(ccc3ncncc23)[C@@H](c2ccc(N3CCC4(CC3)CC(CN3CCN5c6ccc7c(c6OC[C@H]5C3)CN([C@H]3CCC(=O)NC3=O)C7=O)C[I-]4)nc2)N1CC(F)(F)F. The number of benzene rings is 2. The predicted octanol–water partition coefficient (Wildman–Crippen LogP) is 1.72. The monoisotopic (exact) mass is 976 g/mol. The number of imide groups is 1. The maximum absolute atomic E-state index is 14.0. The van der Waals surface area contributed by atoms with E-state index in [-0.39, 0.29) is 51.5 Å². The second-order valence-corrected chi connectivity index (χ2v) is 22.5. The predicted molar refractivity (Wildman–Crippen MR) is 224 cm³/mol. The molecule has 2 aromatic heterocycles. The molecule has 7 aliphatic heterocycles. The third-order valence-electron chi connectivity index (χ3n) is 14.7. The van der Waals surface area contributed by atoms with E-state index in [9.17, 15) is 27.6 Å². The van der Waals surface area contributed by atoms with Crippen molar-refractivity contribution in [1.82, 2.24) is 35.0 Å². The molecule has 5 atom stereocenters. The summed E-state index contributed by atoms with van der Waals surface area (Å²) in [5, 5.41) is 3.28. The number of piperazine rings is 1. The number of halogens is 4. The molecule has 63 heavy (non-hydrogen) atoms. The van der Waals surface area contributed by atoms with Crippen LogP contribution in [0.25, 0.3) is 10.9 Å². The molecule has 332 valence electrons. The Morgan fingerprint density at radius 3 is 2.62 bits per heavy atom. The molecule has 3 amide bonds. The van der Waals surface area contributed by atoms with Gasteiger partial charge in [-0.15, -0.1) is 0 Å². The topological polar surface area (TPSA) is 127 Å². The molecule has 4 fully saturated rings. The maximum atomic E-state index is 14.0. The molecule has 11 rings (SSSR count). The summed E-state index contributed by atoms with van der Waals surface area (Å²) in [4.78, 5) is 61.9. The van der Waals surface area contributed by atoms with Gasteiger partial charge in [0.2, 0.25) is 11.8 Å². The number of fused-ring (bicyclic) bond motifs is 8. The number of hydrogen-bond donors (Lipinski definition) is 1. The van der Waals surface area contributed by atoms with Crippen LogP contribution in [0, 0.1) is 5.92 Å². The third kappa shape index (κ3) is 7.48. The fraction of sp³-hybridized carbons (Fsp3) is 0.522. The number of nitrogens with one attached hydrogen (secondary N) is 1. The average molecular weight is 977 g/mol. The van der Waals surface area contributed by atoms with Gasteiger partial charge in [0.05, 0.1) is 5.52 Å². The zero-order valence-corrected chi connectivity index (χ0v) is 37.3. The van der Waals surface area contributed by atoms with Crippen molar-refractivity contribution in [2.75, 3.05) is 66.6 Å². The summed E-state index contributed by atoms with van der Waals surface area (Å²) < 4.78 is 50.2. The minimum absolute atomic E-state index is 0.0404. The van der Waals surface area contributed by atoms with E-state index in [2.05, 4.69) is 30.0 Å². The Morgan fingerprint density at radius 2 is 1.83 bits per heavy atom. The minimum Gasteiger partial charge on any atom is -0.170 e. The number of nitrogens with zero attached hydrogens (tertiary/aromatic N) is 8. The molecule has 1 spiro atoms. The molecule has 0 radical (unpaired) electrons. The van der Waals surface area contributed by atoms with E-state index in [0.29, 0.717) is 40.9 Å². The van der Waals surface area contributed by atoms with Crippen LogP contribution in [0.1, 0.15) is 77.7 Å². The second kappa shape index (κ2) is 15.8. The summed E-state index contributed by atoms with van der Waals surface area (Å²) >= 11 is 0.0404. The van der Waals surface area contributed by atoms with Gasteiger partial charge in [0.15, 0.2) is 0 Å². The molecular formula is C46H50F3IN9O4-. The number of pyridine rings is 1. The van der Waals surface area contributed by atoms with E-state index in [1.54, 1.807) is 22.2 Å². The van der Waals surface area contributed by atoms with Gasteiger partial charge < -0.3 is 0 Å². The van der Waals surface area contributed by atoms with Crippen LogP contribution in [-0.2, 0) is 22.6 Å². The van der Waals surface area contributed by atoms with Crippen molar-refractivity contribution in [3.05, 3.63) is 82.9 Å². The van der Waals surface area contributed by atoms with Crippen LogP contribution in [0.5, 0.6) is 5.75 Å². The number of anilines is 2. The van der Waals surface area contributed by atoms with E-state index >= 15 is 0 Å². The number of alkyl halides is 5. The summed E-state index contributed by atoms with van der Waals surface area (Å²) in [6.07, 6.45) is 5.34. The van der Waals surface area contributed by atoms with Gasteiger partial charge in [-0.2, -0.15) is 13.2 Å². The van der Waals surface area contributed by atoms with Crippen molar-refractivity contribution in [3.8, 4) is 5.75 Å². The zero-order valence-electron chi connectivity index (χ0n) is 35.1. The van der Waals surface area contributed by atoms with Crippen molar-refractivity contribution in [2.24, 2.45) is 5.92 Å². The van der Waals surface area contributed by atoms with E-state index in [4.69, 9.17) is 9.72 Å². The van der Waals surface area contributed by atoms with Crippen molar-refractivity contribution in [3.63, 3.8) is 0 Å². The number of hydrogen-bond acceptors (Lipinski definition) is 11. The van der Waals surface area contributed by atoms with E-state index in [1.807, 2.05) is 43.3 Å². The van der Waals surface area contributed by atoms with Gasteiger partial charge in [0.25, 0.3) is 0 Å². The molecule has 1 N–H and O–H groups in total. The van der Waals surface area contributed by atoms with Gasteiger partial charge in [0, 0.05) is 12.6 Å². The number of amides is 3. The molecule has 0 saturated carbocycles. The van der Waals surface area contributed by atoms with Crippen LogP contribution in [0.2, 0.25) is 0 Å². The summed E-state index contributed by atoms with van der Waals surface area (Å²) in [5.41, 5.74) is 5.85. The second-order valence-electron chi connectivity index (χ2n) is 18.5. The zero-order chi connectivity index (χ0) is 43.2. The number of carbonyl (C=O) groups is 3. The number of rotatable bonds is 6. The average Bonchev–Trinajstić information content (AvgIpc) is 3.82. The smallest absolute Gasteiger partial charge is 0.170 e. The standard InChI is InChI=1S/C46H50F3IN9O4/c1-27-16-33-31(3-5-36-34(33)20-51-26-53-36)41(59(27)25-46(47,48)49)29-2-8-39(52-19-29)56-12-10-45(11-13-56)17-28(18-50-45)21-55-14-15-57-30(22-55)24-63-42-35-23-58(38-7-9-40(60)54-43(38)61)44(62)32(35)4-6-37(42)57/h2-6,8,19-20,26-28,30,38,41H,7,9-18,21-25H2,1H3,(H,54,60,61)/q-1/t27-,28?,30-,38+,41-/m1/s1. The number of carbonyl (C=O) groups excluding carboxylic acids is 3. The normalized spacial score (nSPS) is 27.4. The van der Waals surface area contributed by atoms with Gasteiger partial charge in [0.1, 0.15) is 12.4 Å². The summed E-state index contributed by atoms with van der Waals surface area (Å²) in [5.74, 6) is 1.43. The first kappa shape index (κ1) is 41.1. The Balaban J connectivity index is 0.709.